The Kier molecular flexibility index (Phi) is 8.33. The summed E-state index contributed by atoms with van der Waals surface area (Å²) in [6.45, 7) is 2.28. The fourth-order valence-electron chi connectivity index (χ4n) is 2.93. The normalized spacial score (nSPS) is 10.4. The highest BCUT2D eigenvalue weighted by molar-refractivity contribution is 5.98. The van der Waals surface area contributed by atoms with Crippen molar-refractivity contribution in [1.82, 2.24) is 4.90 Å². The number of carbonyl (C=O) groups excluding carboxylic acids is 2. The van der Waals surface area contributed by atoms with Gasteiger partial charge < -0.3 is 9.64 Å². The first-order valence-electron chi connectivity index (χ1n) is 9.58. The largest absolute Gasteiger partial charge is 0.493 e. The third-order valence-corrected chi connectivity index (χ3v) is 4.54. The summed E-state index contributed by atoms with van der Waals surface area (Å²) in [5.74, 6) is 0.107. The average molecular weight is 398 g/mol. The number of nitro groups is 1. The van der Waals surface area contributed by atoms with Gasteiger partial charge in [0.1, 0.15) is 5.75 Å². The van der Waals surface area contributed by atoms with Gasteiger partial charge in [-0.05, 0) is 43.9 Å². The van der Waals surface area contributed by atoms with Crippen molar-refractivity contribution in [3.63, 3.8) is 0 Å². The summed E-state index contributed by atoms with van der Waals surface area (Å²) in [5.41, 5.74) is 0.921. The van der Waals surface area contributed by atoms with Crippen LogP contribution >= 0.6 is 0 Å². The lowest BCUT2D eigenvalue weighted by molar-refractivity contribution is -0.385. The van der Waals surface area contributed by atoms with Crippen LogP contribution in [0.3, 0.4) is 0 Å². The van der Waals surface area contributed by atoms with Crippen LogP contribution in [0.25, 0.3) is 0 Å². The van der Waals surface area contributed by atoms with Crippen LogP contribution in [0.4, 0.5) is 5.69 Å². The van der Waals surface area contributed by atoms with E-state index in [1.165, 1.54) is 19.1 Å². The van der Waals surface area contributed by atoms with Crippen LogP contribution in [0.2, 0.25) is 0 Å². The minimum absolute atomic E-state index is 0.0699. The molecule has 2 rings (SSSR count). The van der Waals surface area contributed by atoms with Crippen molar-refractivity contribution < 1.29 is 19.2 Å². The van der Waals surface area contributed by atoms with E-state index in [4.69, 9.17) is 4.74 Å². The molecule has 0 aliphatic rings. The summed E-state index contributed by atoms with van der Waals surface area (Å²) < 4.78 is 5.55. The second-order valence-corrected chi connectivity index (χ2v) is 6.89. The van der Waals surface area contributed by atoms with Gasteiger partial charge >= 0.3 is 0 Å². The molecule has 0 radical (unpaired) electrons. The maximum absolute atomic E-state index is 12.2. The summed E-state index contributed by atoms with van der Waals surface area (Å²) in [7, 11) is 1.80. The number of unbranched alkanes of at least 4 members (excludes halogenated alkanes) is 2. The number of carbonyl (C=O) groups is 2. The maximum Gasteiger partial charge on any atom is 0.283 e. The predicted molar refractivity (Wildman–Crippen MR) is 110 cm³/mol. The lowest BCUT2D eigenvalue weighted by atomic mass is 10.1. The first kappa shape index (κ1) is 22.1. The molecule has 0 spiro atoms. The quantitative estimate of drug-likeness (QED) is 0.242. The van der Waals surface area contributed by atoms with Crippen molar-refractivity contribution in [3.8, 4) is 5.75 Å². The molecule has 1 amide bonds. The molecule has 0 N–H and O–H groups in total. The van der Waals surface area contributed by atoms with E-state index in [9.17, 15) is 19.7 Å². The second kappa shape index (κ2) is 10.9. The Bertz CT molecular complexity index is 852. The number of ketones is 1. The van der Waals surface area contributed by atoms with Crippen LogP contribution in [0.1, 0.15) is 48.5 Å². The van der Waals surface area contributed by atoms with Gasteiger partial charge in [0.15, 0.2) is 5.78 Å². The third-order valence-electron chi connectivity index (χ3n) is 4.54. The highest BCUT2D eigenvalue weighted by Gasteiger charge is 2.18. The number of hydrogen-bond acceptors (Lipinski definition) is 5. The zero-order valence-electron chi connectivity index (χ0n) is 16.8. The maximum atomic E-state index is 12.2. The topological polar surface area (TPSA) is 89.8 Å². The Morgan fingerprint density at radius 2 is 1.79 bits per heavy atom. The monoisotopic (exact) mass is 398 g/mol. The number of benzene rings is 2. The van der Waals surface area contributed by atoms with Crippen LogP contribution in [0.5, 0.6) is 5.75 Å². The van der Waals surface area contributed by atoms with E-state index in [0.29, 0.717) is 25.3 Å². The molecule has 0 fully saturated rings. The summed E-state index contributed by atoms with van der Waals surface area (Å²) in [6.07, 6.45) is 2.78. The SMILES string of the molecule is CC(=O)c1ccc(OCCCCCC(=O)N(C)Cc2ccccc2)cc1[N+](=O)[O-]. The third kappa shape index (κ3) is 7.03. The lowest BCUT2D eigenvalue weighted by Crippen LogP contribution is -2.25. The van der Waals surface area contributed by atoms with E-state index >= 15 is 0 Å². The Labute approximate surface area is 170 Å². The average Bonchev–Trinajstić information content (AvgIpc) is 2.70. The number of nitrogens with zero attached hydrogens (tertiary/aromatic N) is 2. The fourth-order valence-corrected chi connectivity index (χ4v) is 2.93. The molecule has 29 heavy (non-hydrogen) atoms. The smallest absolute Gasteiger partial charge is 0.283 e. The van der Waals surface area contributed by atoms with E-state index in [0.717, 1.165) is 24.8 Å². The van der Waals surface area contributed by atoms with Gasteiger partial charge in [0.05, 0.1) is 23.2 Å². The zero-order valence-corrected chi connectivity index (χ0v) is 16.8. The van der Waals surface area contributed by atoms with Gasteiger partial charge in [-0.25, -0.2) is 0 Å². The van der Waals surface area contributed by atoms with Gasteiger partial charge in [-0.3, -0.25) is 19.7 Å². The highest BCUT2D eigenvalue weighted by atomic mass is 16.6. The molecule has 0 unspecified atom stereocenters. The molecule has 0 saturated heterocycles. The molecule has 0 aromatic heterocycles. The molecular weight excluding hydrogens is 372 g/mol. The number of nitro benzene ring substituents is 1. The molecule has 2 aromatic carbocycles. The molecule has 0 aliphatic carbocycles. The first-order valence-corrected chi connectivity index (χ1v) is 9.58. The number of amides is 1. The molecule has 154 valence electrons. The molecule has 0 atom stereocenters. The van der Waals surface area contributed by atoms with Crippen molar-refractivity contribution in [1.29, 1.82) is 0 Å². The molecule has 7 nitrogen and oxygen atoms in total. The Morgan fingerprint density at radius 3 is 2.45 bits per heavy atom. The Hall–Kier alpha value is -3.22. The highest BCUT2D eigenvalue weighted by Crippen LogP contribution is 2.25. The predicted octanol–water partition coefficient (Wildman–Crippen LogP) is 4.40. The second-order valence-electron chi connectivity index (χ2n) is 6.89. The molecule has 0 saturated carbocycles. The van der Waals surface area contributed by atoms with Crippen LogP contribution < -0.4 is 4.74 Å². The lowest BCUT2D eigenvalue weighted by Gasteiger charge is -2.17. The van der Waals surface area contributed by atoms with Gasteiger partial charge in [0.2, 0.25) is 5.91 Å². The van der Waals surface area contributed by atoms with Crippen LogP contribution in [0.15, 0.2) is 48.5 Å². The van der Waals surface area contributed by atoms with Gasteiger partial charge in [0, 0.05) is 20.0 Å². The van der Waals surface area contributed by atoms with E-state index < -0.39 is 4.92 Å². The Morgan fingerprint density at radius 1 is 1.07 bits per heavy atom. The molecule has 0 aliphatic heterocycles. The van der Waals surface area contributed by atoms with Crippen molar-refractivity contribution in [2.45, 2.75) is 39.2 Å². The number of hydrogen-bond donors (Lipinski definition) is 0. The van der Waals surface area contributed by atoms with E-state index in [2.05, 4.69) is 0 Å². The summed E-state index contributed by atoms with van der Waals surface area (Å²) >= 11 is 0. The molecular formula is C22H26N2O5. The molecule has 2 aromatic rings. The van der Waals surface area contributed by atoms with Gasteiger partial charge in [-0.1, -0.05) is 30.3 Å². The number of rotatable bonds is 11. The minimum atomic E-state index is -0.582. The van der Waals surface area contributed by atoms with Crippen LogP contribution in [-0.4, -0.2) is 35.2 Å². The summed E-state index contributed by atoms with van der Waals surface area (Å²) in [4.78, 5) is 35.9. The molecule has 0 bridgehead atoms. The number of ether oxygens (including phenoxy) is 1. The molecule has 0 heterocycles. The van der Waals surface area contributed by atoms with E-state index in [1.54, 1.807) is 18.0 Å². The van der Waals surface area contributed by atoms with Gasteiger partial charge in [-0.2, -0.15) is 0 Å². The van der Waals surface area contributed by atoms with Crippen LogP contribution in [-0.2, 0) is 11.3 Å². The van der Waals surface area contributed by atoms with Crippen molar-refractivity contribution in [3.05, 3.63) is 69.8 Å². The van der Waals surface area contributed by atoms with Crippen LogP contribution in [0, 0.1) is 10.1 Å². The standard InChI is InChI=1S/C22H26N2O5/c1-17(25)20-13-12-19(15-21(20)24(27)28)29-14-8-4-7-11-22(26)23(2)16-18-9-5-3-6-10-18/h3,5-6,9-10,12-13,15H,4,7-8,11,14,16H2,1-2H3. The zero-order chi connectivity index (χ0) is 21.2. The number of Topliss-reactive ketones (excluding diaryl/α,β-unsaturated/α-hetero) is 1. The first-order chi connectivity index (χ1) is 13.9. The van der Waals surface area contributed by atoms with E-state index in [1.807, 2.05) is 30.3 Å². The fraction of sp³-hybridized carbons (Fsp3) is 0.364. The van der Waals surface area contributed by atoms with E-state index in [-0.39, 0.29) is 22.9 Å². The minimum Gasteiger partial charge on any atom is -0.493 e. The Balaban J connectivity index is 1.69. The van der Waals surface area contributed by atoms with Crippen molar-refractivity contribution >= 4 is 17.4 Å². The van der Waals surface area contributed by atoms with Gasteiger partial charge in [0.25, 0.3) is 5.69 Å². The molecule has 7 heteroatoms. The van der Waals surface area contributed by atoms with Crippen molar-refractivity contribution in [2.24, 2.45) is 0 Å². The summed E-state index contributed by atoms with van der Waals surface area (Å²) in [5, 5.41) is 11.1. The summed E-state index contributed by atoms with van der Waals surface area (Å²) in [6, 6.07) is 14.1. The van der Waals surface area contributed by atoms with Gasteiger partial charge in [-0.15, -0.1) is 0 Å². The van der Waals surface area contributed by atoms with Crippen molar-refractivity contribution in [2.75, 3.05) is 13.7 Å².